The van der Waals surface area contributed by atoms with E-state index in [1.54, 1.807) is 0 Å². The molecule has 0 saturated carbocycles. The van der Waals surface area contributed by atoms with E-state index in [9.17, 15) is 4.79 Å². The van der Waals surface area contributed by atoms with Crippen LogP contribution in [0, 0.1) is 11.8 Å². The molecule has 0 aromatic carbocycles. The van der Waals surface area contributed by atoms with Crippen molar-refractivity contribution in [2.24, 2.45) is 11.8 Å². The van der Waals surface area contributed by atoms with Crippen LogP contribution in [0.15, 0.2) is 12.7 Å². The number of carbonyl (C=O) groups is 1. The van der Waals surface area contributed by atoms with Crippen LogP contribution in [0.25, 0.3) is 0 Å². The minimum Gasteiger partial charge on any atom is -0.337 e. The average Bonchev–Trinajstić information content (AvgIpc) is 2.36. The van der Waals surface area contributed by atoms with Crippen LogP contribution in [0.2, 0.25) is 0 Å². The summed E-state index contributed by atoms with van der Waals surface area (Å²) in [6.45, 7) is 10.9. The number of nitrogens with one attached hydrogen (secondary N) is 2. The summed E-state index contributed by atoms with van der Waals surface area (Å²) in [6, 6.07) is 0.657. The van der Waals surface area contributed by atoms with Gasteiger partial charge in [0.2, 0.25) is 0 Å². The first kappa shape index (κ1) is 13.4. The van der Waals surface area contributed by atoms with Crippen LogP contribution >= 0.6 is 0 Å². The normalized spacial score (nSPS) is 34.4. The molecule has 2 N–H and O–H groups in total. The first-order valence-electron chi connectivity index (χ1n) is 7.01. The summed E-state index contributed by atoms with van der Waals surface area (Å²) in [5, 5.41) is 5.85. The molecule has 4 nitrogen and oxygen atoms in total. The number of hydrogen-bond acceptors (Lipinski definition) is 2. The van der Waals surface area contributed by atoms with E-state index in [1.165, 1.54) is 19.4 Å². The summed E-state index contributed by atoms with van der Waals surface area (Å²) in [5.41, 5.74) is 0. The Hall–Kier alpha value is -1.03. The molecular formula is C14H25N3O. The fourth-order valence-corrected chi connectivity index (χ4v) is 3.18. The molecule has 0 spiro atoms. The molecule has 3 heterocycles. The Labute approximate surface area is 110 Å². The van der Waals surface area contributed by atoms with Gasteiger partial charge in [-0.25, -0.2) is 4.79 Å². The zero-order valence-corrected chi connectivity index (χ0v) is 11.5. The van der Waals surface area contributed by atoms with Crippen molar-refractivity contribution in [2.75, 3.05) is 19.6 Å². The second-order valence-corrected chi connectivity index (χ2v) is 5.84. The van der Waals surface area contributed by atoms with Gasteiger partial charge in [0, 0.05) is 25.2 Å². The van der Waals surface area contributed by atoms with E-state index < -0.39 is 0 Å². The maximum atomic E-state index is 11.6. The van der Waals surface area contributed by atoms with Crippen molar-refractivity contribution in [2.45, 2.75) is 38.8 Å². The number of carbonyl (C=O) groups excluding carboxylic acids is 1. The van der Waals surface area contributed by atoms with Crippen molar-refractivity contribution in [1.29, 1.82) is 0 Å². The molecular weight excluding hydrogens is 226 g/mol. The van der Waals surface area contributed by atoms with Gasteiger partial charge in [0.1, 0.15) is 0 Å². The first-order valence-corrected chi connectivity index (χ1v) is 7.01. The van der Waals surface area contributed by atoms with Gasteiger partial charge in [0.05, 0.1) is 0 Å². The Morgan fingerprint density at radius 3 is 2.89 bits per heavy atom. The number of amides is 2. The molecule has 0 aliphatic carbocycles. The Kier molecular flexibility index (Phi) is 4.27. The molecule has 3 aliphatic heterocycles. The lowest BCUT2D eigenvalue weighted by atomic mass is 9.75. The molecule has 2 amide bonds. The third kappa shape index (κ3) is 3.05. The van der Waals surface area contributed by atoms with Gasteiger partial charge in [0.15, 0.2) is 0 Å². The van der Waals surface area contributed by atoms with Crippen molar-refractivity contribution in [3.63, 3.8) is 0 Å². The Bertz CT molecular complexity index is 316. The SMILES string of the molecule is C=CC1CN2CCC1CC2CNC(=O)NC(C)C. The summed E-state index contributed by atoms with van der Waals surface area (Å²) >= 11 is 0. The molecule has 4 atom stereocenters. The quantitative estimate of drug-likeness (QED) is 0.745. The topological polar surface area (TPSA) is 44.4 Å². The van der Waals surface area contributed by atoms with Crippen LogP contribution in [-0.2, 0) is 0 Å². The molecule has 2 bridgehead atoms. The lowest BCUT2D eigenvalue weighted by Gasteiger charge is -2.49. The molecule has 3 rings (SSSR count). The molecule has 4 unspecified atom stereocenters. The molecule has 3 saturated heterocycles. The highest BCUT2D eigenvalue weighted by atomic mass is 16.2. The number of rotatable bonds is 4. The van der Waals surface area contributed by atoms with Gasteiger partial charge in [-0.2, -0.15) is 0 Å². The standard InChI is InChI=1S/C14H25N3O/c1-4-11-9-17-6-5-12(11)7-13(17)8-15-14(18)16-10(2)3/h4,10-13H,1,5-9H2,2-3H3,(H2,15,16,18). The number of nitrogens with zero attached hydrogens (tertiary/aromatic N) is 1. The van der Waals surface area contributed by atoms with Gasteiger partial charge in [-0.05, 0) is 45.1 Å². The van der Waals surface area contributed by atoms with Crippen molar-refractivity contribution < 1.29 is 4.79 Å². The van der Waals surface area contributed by atoms with Crippen molar-refractivity contribution in [3.05, 3.63) is 12.7 Å². The van der Waals surface area contributed by atoms with Gasteiger partial charge in [0.25, 0.3) is 0 Å². The minimum atomic E-state index is -0.0482. The molecule has 102 valence electrons. The lowest BCUT2D eigenvalue weighted by molar-refractivity contribution is 0.0207. The third-order valence-electron chi connectivity index (χ3n) is 4.15. The van der Waals surface area contributed by atoms with E-state index in [1.807, 2.05) is 13.8 Å². The Morgan fingerprint density at radius 2 is 2.33 bits per heavy atom. The van der Waals surface area contributed by atoms with E-state index in [4.69, 9.17) is 0 Å². The molecule has 3 aliphatic rings. The fraction of sp³-hybridized carbons (Fsp3) is 0.786. The van der Waals surface area contributed by atoms with E-state index in [-0.39, 0.29) is 12.1 Å². The van der Waals surface area contributed by atoms with E-state index >= 15 is 0 Å². The summed E-state index contributed by atoms with van der Waals surface area (Å²) in [4.78, 5) is 14.1. The zero-order chi connectivity index (χ0) is 13.1. The van der Waals surface area contributed by atoms with Crippen molar-refractivity contribution in [1.82, 2.24) is 15.5 Å². The molecule has 0 aromatic heterocycles. The number of piperidine rings is 3. The van der Waals surface area contributed by atoms with Crippen LogP contribution in [0.4, 0.5) is 4.79 Å². The monoisotopic (exact) mass is 251 g/mol. The minimum absolute atomic E-state index is 0.0482. The van der Waals surface area contributed by atoms with Crippen LogP contribution in [0.5, 0.6) is 0 Å². The second-order valence-electron chi connectivity index (χ2n) is 5.84. The molecule has 18 heavy (non-hydrogen) atoms. The second kappa shape index (κ2) is 5.74. The summed E-state index contributed by atoms with van der Waals surface area (Å²) in [6.07, 6.45) is 4.58. The first-order chi connectivity index (χ1) is 8.60. The van der Waals surface area contributed by atoms with E-state index in [2.05, 4.69) is 28.2 Å². The average molecular weight is 251 g/mol. The highest BCUT2D eigenvalue weighted by Crippen LogP contribution is 2.36. The largest absolute Gasteiger partial charge is 0.337 e. The van der Waals surface area contributed by atoms with Gasteiger partial charge in [-0.1, -0.05) is 6.08 Å². The predicted octanol–water partition coefficient (Wildman–Crippen LogP) is 1.59. The highest BCUT2D eigenvalue weighted by molar-refractivity contribution is 5.74. The van der Waals surface area contributed by atoms with Crippen LogP contribution < -0.4 is 10.6 Å². The maximum absolute atomic E-state index is 11.6. The molecule has 4 heteroatoms. The summed E-state index contributed by atoms with van der Waals surface area (Å²) < 4.78 is 0. The summed E-state index contributed by atoms with van der Waals surface area (Å²) in [7, 11) is 0. The van der Waals surface area contributed by atoms with Gasteiger partial charge < -0.3 is 10.6 Å². The summed E-state index contributed by atoms with van der Waals surface area (Å²) in [5.74, 6) is 1.42. The molecule has 3 fully saturated rings. The smallest absolute Gasteiger partial charge is 0.315 e. The Balaban J connectivity index is 1.78. The maximum Gasteiger partial charge on any atom is 0.315 e. The van der Waals surface area contributed by atoms with Gasteiger partial charge in [-0.3, -0.25) is 4.90 Å². The number of urea groups is 1. The number of hydrogen-bond donors (Lipinski definition) is 2. The predicted molar refractivity (Wildman–Crippen MR) is 73.4 cm³/mol. The van der Waals surface area contributed by atoms with Crippen LogP contribution in [0.3, 0.4) is 0 Å². The van der Waals surface area contributed by atoms with Gasteiger partial charge >= 0.3 is 6.03 Å². The zero-order valence-electron chi connectivity index (χ0n) is 11.5. The van der Waals surface area contributed by atoms with E-state index in [0.717, 1.165) is 19.0 Å². The van der Waals surface area contributed by atoms with Crippen LogP contribution in [0.1, 0.15) is 26.7 Å². The fourth-order valence-electron chi connectivity index (χ4n) is 3.18. The molecule has 0 radical (unpaired) electrons. The number of fused-ring (bicyclic) bond motifs is 3. The molecule has 0 aromatic rings. The lowest BCUT2D eigenvalue weighted by Crippen LogP contribution is -2.57. The van der Waals surface area contributed by atoms with E-state index in [0.29, 0.717) is 12.0 Å². The Morgan fingerprint density at radius 1 is 1.56 bits per heavy atom. The third-order valence-corrected chi connectivity index (χ3v) is 4.15. The van der Waals surface area contributed by atoms with Crippen LogP contribution in [-0.4, -0.2) is 42.6 Å². The van der Waals surface area contributed by atoms with Crippen molar-refractivity contribution in [3.8, 4) is 0 Å². The van der Waals surface area contributed by atoms with Crippen molar-refractivity contribution >= 4 is 6.03 Å². The van der Waals surface area contributed by atoms with Gasteiger partial charge in [-0.15, -0.1) is 6.58 Å². The highest BCUT2D eigenvalue weighted by Gasteiger charge is 2.38.